The summed E-state index contributed by atoms with van der Waals surface area (Å²) in [6.45, 7) is 1.43. The van der Waals surface area contributed by atoms with Gasteiger partial charge >= 0.3 is 5.97 Å². The van der Waals surface area contributed by atoms with Gasteiger partial charge in [-0.3, -0.25) is 0 Å². The van der Waals surface area contributed by atoms with Crippen molar-refractivity contribution in [2.24, 2.45) is 11.7 Å². The number of rotatable bonds is 8. The average molecular weight is 231 g/mol. The highest BCUT2D eigenvalue weighted by Crippen LogP contribution is 2.39. The maximum atomic E-state index is 11.6. The molecule has 5 heteroatoms. The zero-order chi connectivity index (χ0) is 12.0. The number of carbonyl (C=O) groups is 1. The van der Waals surface area contributed by atoms with Gasteiger partial charge in [-0.05, 0) is 25.2 Å². The van der Waals surface area contributed by atoms with E-state index in [1.54, 1.807) is 7.11 Å². The summed E-state index contributed by atoms with van der Waals surface area (Å²) >= 11 is 0. The van der Waals surface area contributed by atoms with Gasteiger partial charge in [0.25, 0.3) is 0 Å². The maximum Gasteiger partial charge on any atom is 0.328 e. The molecule has 1 aliphatic rings. The molecule has 0 spiro atoms. The molecule has 1 unspecified atom stereocenters. The van der Waals surface area contributed by atoms with Crippen LogP contribution < -0.4 is 5.73 Å². The number of nitrogens with two attached hydrogens (primary N) is 1. The fraction of sp³-hybridized carbons (Fsp3) is 0.909. The molecular formula is C11H21NO4. The van der Waals surface area contributed by atoms with Gasteiger partial charge in [0, 0.05) is 20.3 Å². The van der Waals surface area contributed by atoms with Gasteiger partial charge in [0.1, 0.15) is 5.54 Å². The highest BCUT2D eigenvalue weighted by Gasteiger charge is 2.49. The van der Waals surface area contributed by atoms with E-state index in [4.69, 9.17) is 19.9 Å². The molecular weight excluding hydrogens is 210 g/mol. The van der Waals surface area contributed by atoms with Crippen molar-refractivity contribution in [3.05, 3.63) is 0 Å². The SMILES string of the molecule is COCCCOCC(N)(C(=O)OC)C1CC1. The minimum atomic E-state index is -0.957. The van der Waals surface area contributed by atoms with Crippen LogP contribution in [0.15, 0.2) is 0 Å². The monoisotopic (exact) mass is 231 g/mol. The molecule has 1 rings (SSSR count). The summed E-state index contributed by atoms with van der Waals surface area (Å²) in [7, 11) is 3.00. The Morgan fingerprint density at radius 3 is 2.56 bits per heavy atom. The van der Waals surface area contributed by atoms with Crippen molar-refractivity contribution in [1.82, 2.24) is 0 Å². The standard InChI is InChI=1S/C11H21NO4/c1-14-6-3-7-16-8-11(12,9-4-5-9)10(13)15-2/h9H,3-8,12H2,1-2H3. The molecule has 1 aliphatic carbocycles. The number of carbonyl (C=O) groups excluding carboxylic acids is 1. The van der Waals surface area contributed by atoms with E-state index in [0.29, 0.717) is 13.2 Å². The van der Waals surface area contributed by atoms with Crippen LogP contribution in [0.5, 0.6) is 0 Å². The molecule has 0 amide bonds. The van der Waals surface area contributed by atoms with Crippen molar-refractivity contribution in [3.8, 4) is 0 Å². The van der Waals surface area contributed by atoms with Gasteiger partial charge in [-0.1, -0.05) is 0 Å². The summed E-state index contributed by atoms with van der Waals surface area (Å²) < 4.78 is 15.0. The van der Waals surface area contributed by atoms with Crippen molar-refractivity contribution in [2.45, 2.75) is 24.8 Å². The second-order valence-corrected chi connectivity index (χ2v) is 4.21. The van der Waals surface area contributed by atoms with Crippen LogP contribution in [0.25, 0.3) is 0 Å². The molecule has 0 heterocycles. The van der Waals surface area contributed by atoms with Crippen LogP contribution in [0.4, 0.5) is 0 Å². The zero-order valence-electron chi connectivity index (χ0n) is 10.0. The van der Waals surface area contributed by atoms with E-state index in [9.17, 15) is 4.79 Å². The predicted octanol–water partition coefficient (Wildman–Crippen LogP) is 0.320. The third kappa shape index (κ3) is 3.43. The van der Waals surface area contributed by atoms with Gasteiger partial charge in [0.05, 0.1) is 13.7 Å². The first-order chi connectivity index (χ1) is 7.65. The quantitative estimate of drug-likeness (QED) is 0.481. The van der Waals surface area contributed by atoms with Crippen LogP contribution in [-0.4, -0.2) is 45.5 Å². The summed E-state index contributed by atoms with van der Waals surface area (Å²) in [6, 6.07) is 0. The summed E-state index contributed by atoms with van der Waals surface area (Å²) in [5, 5.41) is 0. The molecule has 0 aliphatic heterocycles. The van der Waals surface area contributed by atoms with Crippen LogP contribution in [0.1, 0.15) is 19.3 Å². The normalized spacial score (nSPS) is 19.2. The zero-order valence-corrected chi connectivity index (χ0v) is 10.0. The van der Waals surface area contributed by atoms with Crippen LogP contribution >= 0.6 is 0 Å². The van der Waals surface area contributed by atoms with E-state index in [1.807, 2.05) is 0 Å². The van der Waals surface area contributed by atoms with Crippen LogP contribution in [-0.2, 0) is 19.0 Å². The highest BCUT2D eigenvalue weighted by atomic mass is 16.5. The van der Waals surface area contributed by atoms with Crippen molar-refractivity contribution >= 4 is 5.97 Å². The molecule has 0 saturated heterocycles. The summed E-state index contributed by atoms with van der Waals surface area (Å²) in [4.78, 5) is 11.6. The summed E-state index contributed by atoms with van der Waals surface area (Å²) in [5.41, 5.74) is 5.08. The van der Waals surface area contributed by atoms with E-state index < -0.39 is 5.54 Å². The predicted molar refractivity (Wildman–Crippen MR) is 59.0 cm³/mol. The lowest BCUT2D eigenvalue weighted by molar-refractivity contribution is -0.150. The topological polar surface area (TPSA) is 70.8 Å². The Balaban J connectivity index is 2.31. The van der Waals surface area contributed by atoms with Crippen molar-refractivity contribution in [1.29, 1.82) is 0 Å². The van der Waals surface area contributed by atoms with Crippen LogP contribution in [0, 0.1) is 5.92 Å². The average Bonchev–Trinajstić information content (AvgIpc) is 3.11. The Hall–Kier alpha value is -0.650. The van der Waals surface area contributed by atoms with Gasteiger partial charge < -0.3 is 19.9 Å². The number of esters is 1. The number of hydrogen-bond acceptors (Lipinski definition) is 5. The minimum absolute atomic E-state index is 0.211. The number of methoxy groups -OCH3 is 2. The molecule has 1 fully saturated rings. The first-order valence-corrected chi connectivity index (χ1v) is 5.59. The third-order valence-corrected chi connectivity index (χ3v) is 2.85. The first kappa shape index (κ1) is 13.4. The van der Waals surface area contributed by atoms with Crippen molar-refractivity contribution < 1.29 is 19.0 Å². The van der Waals surface area contributed by atoms with E-state index in [2.05, 4.69) is 0 Å². The van der Waals surface area contributed by atoms with E-state index in [-0.39, 0.29) is 18.5 Å². The summed E-state index contributed by atoms with van der Waals surface area (Å²) in [6.07, 6.45) is 2.76. The molecule has 0 aromatic heterocycles. The van der Waals surface area contributed by atoms with Gasteiger partial charge in [0.15, 0.2) is 0 Å². The van der Waals surface area contributed by atoms with Crippen LogP contribution in [0.2, 0.25) is 0 Å². The second kappa shape index (κ2) is 6.18. The fourth-order valence-corrected chi connectivity index (χ4v) is 1.68. The highest BCUT2D eigenvalue weighted by molar-refractivity contribution is 5.81. The van der Waals surface area contributed by atoms with E-state index in [0.717, 1.165) is 19.3 Å². The Bertz CT molecular complexity index is 230. The smallest absolute Gasteiger partial charge is 0.328 e. The maximum absolute atomic E-state index is 11.6. The molecule has 2 N–H and O–H groups in total. The molecule has 94 valence electrons. The third-order valence-electron chi connectivity index (χ3n) is 2.85. The Morgan fingerprint density at radius 1 is 1.38 bits per heavy atom. The Labute approximate surface area is 96.2 Å². The molecule has 16 heavy (non-hydrogen) atoms. The minimum Gasteiger partial charge on any atom is -0.468 e. The molecule has 1 atom stereocenters. The number of ether oxygens (including phenoxy) is 3. The molecule has 0 bridgehead atoms. The van der Waals surface area contributed by atoms with E-state index >= 15 is 0 Å². The van der Waals surface area contributed by atoms with Gasteiger partial charge in [-0.15, -0.1) is 0 Å². The summed E-state index contributed by atoms with van der Waals surface area (Å²) in [5.74, 6) is -0.163. The Morgan fingerprint density at radius 2 is 2.06 bits per heavy atom. The number of hydrogen-bond donors (Lipinski definition) is 1. The lowest BCUT2D eigenvalue weighted by Gasteiger charge is -2.26. The molecule has 1 saturated carbocycles. The van der Waals surface area contributed by atoms with Crippen molar-refractivity contribution in [2.75, 3.05) is 34.0 Å². The lowest BCUT2D eigenvalue weighted by atomic mass is 9.96. The van der Waals surface area contributed by atoms with Gasteiger partial charge in [-0.2, -0.15) is 0 Å². The lowest BCUT2D eigenvalue weighted by Crippen LogP contribution is -2.54. The molecule has 0 radical (unpaired) electrons. The first-order valence-electron chi connectivity index (χ1n) is 5.59. The largest absolute Gasteiger partial charge is 0.468 e. The molecule has 5 nitrogen and oxygen atoms in total. The molecule has 0 aromatic rings. The fourth-order valence-electron chi connectivity index (χ4n) is 1.68. The van der Waals surface area contributed by atoms with Gasteiger partial charge in [0.2, 0.25) is 0 Å². The van der Waals surface area contributed by atoms with Crippen LogP contribution in [0.3, 0.4) is 0 Å². The van der Waals surface area contributed by atoms with Crippen molar-refractivity contribution in [3.63, 3.8) is 0 Å². The molecule has 0 aromatic carbocycles. The van der Waals surface area contributed by atoms with E-state index in [1.165, 1.54) is 7.11 Å². The second-order valence-electron chi connectivity index (χ2n) is 4.21. The van der Waals surface area contributed by atoms with Gasteiger partial charge in [-0.25, -0.2) is 4.79 Å². The Kier molecular flexibility index (Phi) is 5.18.